The summed E-state index contributed by atoms with van der Waals surface area (Å²) in [7, 11) is 0. The molecule has 0 aliphatic carbocycles. The van der Waals surface area contributed by atoms with Gasteiger partial charge >= 0.3 is 0 Å². The van der Waals surface area contributed by atoms with Crippen molar-refractivity contribution < 1.29 is 13.2 Å². The number of aromatic nitrogens is 7. The van der Waals surface area contributed by atoms with Crippen molar-refractivity contribution in [3.05, 3.63) is 93.3 Å². The molecule has 0 bridgehead atoms. The molecule has 4 heterocycles. The normalized spacial score (nSPS) is 16.7. The van der Waals surface area contributed by atoms with E-state index in [0.717, 1.165) is 6.07 Å². The Balaban J connectivity index is 1.44. The Morgan fingerprint density at radius 2 is 1.89 bits per heavy atom. The van der Waals surface area contributed by atoms with Crippen LogP contribution >= 0.6 is 11.6 Å². The SMILES string of the molecule is C[C@H]1Cc2cc(-c3cc(Cl)ccc3-n3cnnn3)cc(=O)n2[C@@H]1c1nc(F)c(-c2ccc(N)c(F)c2F)[nH]1. The molecule has 0 fully saturated rings. The van der Waals surface area contributed by atoms with E-state index in [0.29, 0.717) is 34.0 Å². The number of anilines is 1. The fourth-order valence-corrected chi connectivity index (χ4v) is 5.18. The van der Waals surface area contributed by atoms with Gasteiger partial charge in [0, 0.05) is 27.9 Å². The third-order valence-electron chi connectivity index (χ3n) is 6.70. The van der Waals surface area contributed by atoms with Gasteiger partial charge in [-0.15, -0.1) is 5.10 Å². The quantitative estimate of drug-likeness (QED) is 0.329. The third-order valence-corrected chi connectivity index (χ3v) is 6.94. The van der Waals surface area contributed by atoms with Crippen molar-refractivity contribution in [1.82, 2.24) is 34.7 Å². The maximum atomic E-state index is 14.9. The number of halogens is 4. The zero-order valence-electron chi connectivity index (χ0n) is 19.7. The largest absolute Gasteiger partial charge is 0.396 e. The summed E-state index contributed by atoms with van der Waals surface area (Å²) in [5, 5.41) is 11.7. The summed E-state index contributed by atoms with van der Waals surface area (Å²) < 4.78 is 46.4. The Kier molecular flexibility index (Phi) is 5.56. The monoisotopic (exact) mass is 538 g/mol. The fourth-order valence-electron chi connectivity index (χ4n) is 5.01. The molecule has 6 rings (SSSR count). The van der Waals surface area contributed by atoms with E-state index < -0.39 is 29.3 Å². The maximum Gasteiger partial charge on any atom is 0.252 e. The number of hydrogen-bond acceptors (Lipinski definition) is 6. The van der Waals surface area contributed by atoms with Crippen molar-refractivity contribution in [2.24, 2.45) is 5.92 Å². The number of nitrogens with zero attached hydrogens (tertiary/aromatic N) is 6. The minimum absolute atomic E-state index is 0.118. The maximum absolute atomic E-state index is 14.9. The first-order chi connectivity index (χ1) is 18.2. The molecule has 0 amide bonds. The number of nitrogens with one attached hydrogen (secondary N) is 1. The summed E-state index contributed by atoms with van der Waals surface area (Å²) in [5.41, 5.74) is 6.56. The van der Waals surface area contributed by atoms with Crippen LogP contribution in [-0.4, -0.2) is 34.7 Å². The van der Waals surface area contributed by atoms with E-state index >= 15 is 0 Å². The van der Waals surface area contributed by atoms with Gasteiger partial charge in [-0.3, -0.25) is 4.79 Å². The second-order valence-corrected chi connectivity index (χ2v) is 9.54. The van der Waals surface area contributed by atoms with Crippen LogP contribution in [0.3, 0.4) is 0 Å². The first-order valence-corrected chi connectivity index (χ1v) is 11.9. The lowest BCUT2D eigenvalue weighted by atomic mass is 10.0. The number of tetrazole rings is 1. The van der Waals surface area contributed by atoms with Crippen molar-refractivity contribution in [3.63, 3.8) is 0 Å². The Morgan fingerprint density at radius 1 is 1.08 bits per heavy atom. The van der Waals surface area contributed by atoms with Crippen LogP contribution < -0.4 is 11.3 Å². The number of rotatable bonds is 4. The van der Waals surface area contributed by atoms with Gasteiger partial charge in [0.15, 0.2) is 11.6 Å². The van der Waals surface area contributed by atoms with E-state index in [4.69, 9.17) is 17.3 Å². The van der Waals surface area contributed by atoms with Crippen LogP contribution in [0.25, 0.3) is 28.1 Å². The number of H-pyrrole nitrogens is 1. The molecule has 0 unspecified atom stereocenters. The van der Waals surface area contributed by atoms with E-state index in [2.05, 4.69) is 25.5 Å². The van der Waals surface area contributed by atoms with Crippen LogP contribution in [0.1, 0.15) is 24.5 Å². The van der Waals surface area contributed by atoms with E-state index in [1.165, 1.54) is 27.7 Å². The van der Waals surface area contributed by atoms with Gasteiger partial charge in [-0.05, 0) is 64.7 Å². The van der Waals surface area contributed by atoms with Gasteiger partial charge in [0.25, 0.3) is 5.56 Å². The van der Waals surface area contributed by atoms with Crippen molar-refractivity contribution in [1.29, 1.82) is 0 Å². The standard InChI is InChI=1S/C25H18ClF3N8O/c1-11-6-14-7-12(16-9-13(26)2-5-18(16)36-10-31-34-35-36)8-19(38)37(14)23(11)25-32-22(24(29)33-25)15-3-4-17(30)21(28)20(15)27/h2-5,7-11,23H,6,30H2,1H3,(H,32,33)/t11-,23-/m0/s1. The number of fused-ring (bicyclic) bond motifs is 1. The summed E-state index contributed by atoms with van der Waals surface area (Å²) in [4.78, 5) is 20.2. The molecule has 5 aromatic rings. The fraction of sp³-hybridized carbons (Fsp3) is 0.160. The Morgan fingerprint density at radius 3 is 2.66 bits per heavy atom. The van der Waals surface area contributed by atoms with Gasteiger partial charge in [-0.2, -0.15) is 9.07 Å². The molecule has 13 heteroatoms. The molecule has 192 valence electrons. The van der Waals surface area contributed by atoms with Crippen LogP contribution in [-0.2, 0) is 6.42 Å². The lowest BCUT2D eigenvalue weighted by Gasteiger charge is -2.17. The average molecular weight is 539 g/mol. The summed E-state index contributed by atoms with van der Waals surface area (Å²) in [6.07, 6.45) is 1.92. The van der Waals surface area contributed by atoms with Crippen LogP contribution in [0, 0.1) is 23.5 Å². The van der Waals surface area contributed by atoms with Crippen molar-refractivity contribution in [3.8, 4) is 28.1 Å². The molecule has 0 saturated heterocycles. The van der Waals surface area contributed by atoms with Crippen molar-refractivity contribution >= 4 is 17.3 Å². The Labute approximate surface area is 217 Å². The second-order valence-electron chi connectivity index (χ2n) is 9.10. The highest BCUT2D eigenvalue weighted by molar-refractivity contribution is 6.31. The molecular formula is C25H18ClF3N8O. The number of aromatic amines is 1. The first-order valence-electron chi connectivity index (χ1n) is 11.5. The topological polar surface area (TPSA) is 120 Å². The van der Waals surface area contributed by atoms with Gasteiger partial charge in [0.2, 0.25) is 5.95 Å². The van der Waals surface area contributed by atoms with Gasteiger partial charge in [-0.25, -0.2) is 13.8 Å². The smallest absolute Gasteiger partial charge is 0.252 e. The van der Waals surface area contributed by atoms with E-state index in [1.54, 1.807) is 18.2 Å². The summed E-state index contributed by atoms with van der Waals surface area (Å²) in [5.74, 6) is -3.63. The summed E-state index contributed by atoms with van der Waals surface area (Å²) in [6, 6.07) is 10.1. The zero-order valence-corrected chi connectivity index (χ0v) is 20.4. The predicted molar refractivity (Wildman–Crippen MR) is 133 cm³/mol. The highest BCUT2D eigenvalue weighted by Gasteiger charge is 2.35. The molecule has 0 saturated carbocycles. The van der Waals surface area contributed by atoms with E-state index in [-0.39, 0.29) is 28.6 Å². The molecular weight excluding hydrogens is 521 g/mol. The molecule has 0 spiro atoms. The molecule has 0 radical (unpaired) electrons. The molecule has 1 aliphatic rings. The van der Waals surface area contributed by atoms with Gasteiger partial charge < -0.3 is 15.3 Å². The first kappa shape index (κ1) is 23.9. The summed E-state index contributed by atoms with van der Waals surface area (Å²) in [6.45, 7) is 1.90. The number of hydrogen-bond donors (Lipinski definition) is 2. The molecule has 2 aromatic carbocycles. The van der Waals surface area contributed by atoms with Crippen LogP contribution in [0.5, 0.6) is 0 Å². The molecule has 3 aromatic heterocycles. The van der Waals surface area contributed by atoms with Crippen LogP contribution in [0.2, 0.25) is 5.02 Å². The second kappa shape index (κ2) is 8.84. The summed E-state index contributed by atoms with van der Waals surface area (Å²) >= 11 is 6.26. The molecule has 38 heavy (non-hydrogen) atoms. The molecule has 1 aliphatic heterocycles. The number of benzene rings is 2. The Hall–Kier alpha value is -4.45. The lowest BCUT2D eigenvalue weighted by Crippen LogP contribution is -2.26. The minimum atomic E-state index is -1.29. The van der Waals surface area contributed by atoms with E-state index in [9.17, 15) is 18.0 Å². The van der Waals surface area contributed by atoms with Crippen LogP contribution in [0.15, 0.2) is 53.6 Å². The number of nitrogen functional groups attached to an aromatic ring is 1. The van der Waals surface area contributed by atoms with E-state index in [1.807, 2.05) is 13.0 Å². The van der Waals surface area contributed by atoms with Gasteiger partial charge in [0.05, 0.1) is 17.4 Å². The Bertz CT molecular complexity index is 1770. The lowest BCUT2D eigenvalue weighted by molar-refractivity contribution is 0.445. The highest BCUT2D eigenvalue weighted by Crippen LogP contribution is 2.38. The minimum Gasteiger partial charge on any atom is -0.396 e. The zero-order chi connectivity index (χ0) is 26.7. The molecule has 3 N–H and O–H groups in total. The number of pyridine rings is 1. The van der Waals surface area contributed by atoms with Gasteiger partial charge in [0.1, 0.15) is 17.8 Å². The molecule has 9 nitrogen and oxygen atoms in total. The average Bonchev–Trinajstić information content (AvgIpc) is 3.61. The number of nitrogens with two attached hydrogens (primary N) is 1. The molecule has 2 atom stereocenters. The predicted octanol–water partition coefficient (Wildman–Crippen LogP) is 4.32. The highest BCUT2D eigenvalue weighted by atomic mass is 35.5. The van der Waals surface area contributed by atoms with Crippen molar-refractivity contribution in [2.45, 2.75) is 19.4 Å². The number of imidazole rings is 1. The van der Waals surface area contributed by atoms with Gasteiger partial charge in [-0.1, -0.05) is 18.5 Å². The van der Waals surface area contributed by atoms with Crippen LogP contribution in [0.4, 0.5) is 18.9 Å². The third kappa shape index (κ3) is 3.76. The van der Waals surface area contributed by atoms with Crippen molar-refractivity contribution in [2.75, 3.05) is 5.73 Å².